The van der Waals surface area contributed by atoms with Crippen LogP contribution in [0, 0.1) is 0 Å². The minimum Gasteiger partial charge on any atom is -0.390 e. The van der Waals surface area contributed by atoms with Gasteiger partial charge in [0.1, 0.15) is 0 Å². The van der Waals surface area contributed by atoms with E-state index in [-0.39, 0.29) is 5.91 Å². The van der Waals surface area contributed by atoms with Crippen molar-refractivity contribution in [3.05, 3.63) is 59.7 Å². The van der Waals surface area contributed by atoms with Crippen LogP contribution >= 0.6 is 10.8 Å². The highest BCUT2D eigenvalue weighted by Gasteiger charge is 2.28. The molecule has 2 aromatic carbocycles. The summed E-state index contributed by atoms with van der Waals surface area (Å²) in [5.74, 6) is 0.0192. The van der Waals surface area contributed by atoms with Gasteiger partial charge in [-0.25, -0.2) is 0 Å². The summed E-state index contributed by atoms with van der Waals surface area (Å²) in [6.07, 6.45) is 2.31. The van der Waals surface area contributed by atoms with E-state index >= 15 is 0 Å². The highest BCUT2D eigenvalue weighted by atomic mass is 32.3. The fourth-order valence-electron chi connectivity index (χ4n) is 4.27. The molecule has 1 aliphatic heterocycles. The molecule has 3 rings (SSSR count). The molecule has 35 heavy (non-hydrogen) atoms. The van der Waals surface area contributed by atoms with Crippen LogP contribution in [0.25, 0.3) is 0 Å². The van der Waals surface area contributed by atoms with Gasteiger partial charge in [-0.05, 0) is 62.9 Å². The molecule has 0 aromatic heterocycles. The summed E-state index contributed by atoms with van der Waals surface area (Å²) in [5.41, 5.74) is 2.78. The Morgan fingerprint density at radius 1 is 1.11 bits per heavy atom. The maximum atomic E-state index is 13.4. The summed E-state index contributed by atoms with van der Waals surface area (Å²) < 4.78 is 22.9. The monoisotopic (exact) mass is 504 g/mol. The number of aliphatic hydroxyl groups is 1. The van der Waals surface area contributed by atoms with Gasteiger partial charge in [0.15, 0.2) is 0 Å². The Morgan fingerprint density at radius 2 is 1.89 bits per heavy atom. The maximum Gasteiger partial charge on any atom is 0.251 e. The summed E-state index contributed by atoms with van der Waals surface area (Å²) in [7, 11) is -2.92. The topological polar surface area (TPSA) is 117 Å². The van der Waals surface area contributed by atoms with Gasteiger partial charge in [0, 0.05) is 30.9 Å². The summed E-state index contributed by atoms with van der Waals surface area (Å²) in [6, 6.07) is 14.6. The number of anilines is 2. The SMILES string of the molecule is CCCNC[C@@H](O)[C@H](Cc1ccccc1)NC(=O)c1cc(NCC)cc(N2CCCCS2(O)O)c1. The largest absolute Gasteiger partial charge is 0.390 e. The van der Waals surface area contributed by atoms with Gasteiger partial charge in [-0.3, -0.25) is 18.2 Å². The lowest BCUT2D eigenvalue weighted by atomic mass is 10.00. The predicted octanol–water partition coefficient (Wildman–Crippen LogP) is 4.09. The first-order valence-electron chi connectivity index (χ1n) is 12.5. The van der Waals surface area contributed by atoms with E-state index in [1.54, 1.807) is 16.4 Å². The fourth-order valence-corrected chi connectivity index (χ4v) is 5.95. The van der Waals surface area contributed by atoms with Crippen molar-refractivity contribution in [2.24, 2.45) is 0 Å². The van der Waals surface area contributed by atoms with Crippen molar-refractivity contribution in [3.63, 3.8) is 0 Å². The van der Waals surface area contributed by atoms with Gasteiger partial charge in [-0.2, -0.15) is 0 Å². The number of rotatable bonds is 12. The number of aliphatic hydroxyl groups excluding tert-OH is 1. The number of nitrogens with one attached hydrogen (secondary N) is 3. The van der Waals surface area contributed by atoms with Crippen molar-refractivity contribution < 1.29 is 19.0 Å². The lowest BCUT2D eigenvalue weighted by molar-refractivity contribution is 0.0831. The third kappa shape index (κ3) is 7.85. The van der Waals surface area contributed by atoms with Gasteiger partial charge >= 0.3 is 0 Å². The first-order valence-corrected chi connectivity index (χ1v) is 14.2. The van der Waals surface area contributed by atoms with Gasteiger partial charge in [0.2, 0.25) is 0 Å². The molecule has 0 bridgehead atoms. The van der Waals surface area contributed by atoms with Crippen LogP contribution in [0.5, 0.6) is 0 Å². The molecule has 194 valence electrons. The van der Waals surface area contributed by atoms with E-state index in [4.69, 9.17) is 0 Å². The maximum absolute atomic E-state index is 13.4. The molecule has 0 radical (unpaired) electrons. The third-order valence-electron chi connectivity index (χ3n) is 6.09. The van der Waals surface area contributed by atoms with E-state index < -0.39 is 22.9 Å². The van der Waals surface area contributed by atoms with Crippen molar-refractivity contribution in [1.29, 1.82) is 0 Å². The molecule has 0 unspecified atom stereocenters. The highest BCUT2D eigenvalue weighted by molar-refractivity contribution is 8.25. The van der Waals surface area contributed by atoms with Crippen LogP contribution in [0.3, 0.4) is 0 Å². The third-order valence-corrected chi connectivity index (χ3v) is 8.03. The van der Waals surface area contributed by atoms with Crippen LogP contribution in [0.4, 0.5) is 11.4 Å². The number of nitrogens with zero attached hydrogens (tertiary/aromatic N) is 1. The second-order valence-corrected chi connectivity index (χ2v) is 11.1. The lowest BCUT2D eigenvalue weighted by Crippen LogP contribution is -2.48. The summed E-state index contributed by atoms with van der Waals surface area (Å²) in [4.78, 5) is 13.4. The summed E-state index contributed by atoms with van der Waals surface area (Å²) in [6.45, 7) is 6.39. The lowest BCUT2D eigenvalue weighted by Gasteiger charge is -2.47. The van der Waals surface area contributed by atoms with E-state index in [9.17, 15) is 19.0 Å². The molecule has 6 N–H and O–H groups in total. The molecule has 1 fully saturated rings. The van der Waals surface area contributed by atoms with Crippen LogP contribution in [-0.4, -0.2) is 64.2 Å². The summed E-state index contributed by atoms with van der Waals surface area (Å²) in [5, 5.41) is 20.4. The van der Waals surface area contributed by atoms with Crippen LogP contribution < -0.4 is 20.3 Å². The van der Waals surface area contributed by atoms with E-state index in [0.29, 0.717) is 43.1 Å². The molecule has 9 heteroatoms. The fraction of sp³-hybridized carbons (Fsp3) is 0.500. The predicted molar refractivity (Wildman–Crippen MR) is 145 cm³/mol. The quantitative estimate of drug-likeness (QED) is 0.241. The van der Waals surface area contributed by atoms with Crippen molar-refractivity contribution >= 4 is 28.1 Å². The molecular formula is C26H40N4O4S. The van der Waals surface area contributed by atoms with Gasteiger partial charge in [0.05, 0.1) is 23.6 Å². The number of amides is 1. The molecule has 2 atom stereocenters. The minimum atomic E-state index is -2.92. The van der Waals surface area contributed by atoms with Gasteiger partial charge in [0.25, 0.3) is 5.91 Å². The van der Waals surface area contributed by atoms with Crippen molar-refractivity contribution in [2.45, 2.75) is 51.7 Å². The van der Waals surface area contributed by atoms with Crippen LogP contribution in [-0.2, 0) is 6.42 Å². The second-order valence-electron chi connectivity index (χ2n) is 8.99. The van der Waals surface area contributed by atoms with E-state index in [0.717, 1.165) is 37.1 Å². The van der Waals surface area contributed by atoms with Crippen LogP contribution in [0.15, 0.2) is 48.5 Å². The molecule has 0 aliphatic carbocycles. The molecular weight excluding hydrogens is 464 g/mol. The summed E-state index contributed by atoms with van der Waals surface area (Å²) >= 11 is 0. The zero-order valence-corrected chi connectivity index (χ0v) is 21.6. The Hall–Kier alpha value is -2.30. The van der Waals surface area contributed by atoms with E-state index in [2.05, 4.69) is 22.9 Å². The van der Waals surface area contributed by atoms with Gasteiger partial charge < -0.3 is 21.1 Å². The highest BCUT2D eigenvalue weighted by Crippen LogP contribution is 2.50. The van der Waals surface area contributed by atoms with Crippen LogP contribution in [0.2, 0.25) is 0 Å². The van der Waals surface area contributed by atoms with Gasteiger partial charge in [-0.1, -0.05) is 37.3 Å². The second kappa shape index (κ2) is 13.1. The van der Waals surface area contributed by atoms with Crippen molar-refractivity contribution in [3.8, 4) is 0 Å². The first-order chi connectivity index (χ1) is 16.8. The Kier molecular flexibility index (Phi) is 10.2. The Morgan fingerprint density at radius 3 is 2.57 bits per heavy atom. The molecule has 8 nitrogen and oxygen atoms in total. The molecule has 0 spiro atoms. The molecule has 0 saturated carbocycles. The number of benzene rings is 2. The number of hydrogen-bond acceptors (Lipinski definition) is 7. The minimum absolute atomic E-state index is 0.310. The molecule has 1 heterocycles. The molecule has 1 saturated heterocycles. The average molecular weight is 505 g/mol. The van der Waals surface area contributed by atoms with Crippen LogP contribution in [0.1, 0.15) is 49.0 Å². The Balaban J connectivity index is 1.85. The van der Waals surface area contributed by atoms with Gasteiger partial charge in [-0.15, -0.1) is 10.8 Å². The van der Waals surface area contributed by atoms with E-state index in [1.807, 2.05) is 43.3 Å². The number of carbonyl (C=O) groups is 1. The smallest absolute Gasteiger partial charge is 0.251 e. The average Bonchev–Trinajstić information content (AvgIpc) is 2.84. The first kappa shape index (κ1) is 27.3. The zero-order valence-electron chi connectivity index (χ0n) is 20.7. The van der Waals surface area contributed by atoms with Crippen molar-refractivity contribution in [1.82, 2.24) is 10.6 Å². The molecule has 1 amide bonds. The standard InChI is InChI=1S/C26H40N4O4S/c1-3-12-27-19-25(31)24(15-20-10-6-5-7-11-20)29-26(32)21-16-22(28-4-2)18-23(17-21)30-13-8-9-14-35(30,33)34/h5-7,10-11,16-18,24-25,27-28,31,33-34H,3-4,8-9,12-15,19H2,1-2H3,(H,29,32)/t24-,25+/m0/s1. The number of carbonyl (C=O) groups excluding carboxylic acids is 1. The van der Waals surface area contributed by atoms with Crippen molar-refractivity contribution in [2.75, 3.05) is 41.6 Å². The molecule has 1 aliphatic rings. The Labute approximate surface area is 210 Å². The van der Waals surface area contributed by atoms with E-state index in [1.165, 1.54) is 0 Å². The molecule has 2 aromatic rings. The Bertz CT molecular complexity index is 944. The number of hydrogen-bond donors (Lipinski definition) is 6. The zero-order chi connectivity index (χ0) is 25.3. The normalized spacial score (nSPS) is 17.9.